The largest absolute Gasteiger partial charge is 0.384 e. The lowest BCUT2D eigenvalue weighted by atomic mass is 10.0. The minimum atomic E-state index is 0.548. The molecule has 0 radical (unpaired) electrons. The van der Waals surface area contributed by atoms with Crippen molar-refractivity contribution in [3.05, 3.63) is 29.8 Å². The molecule has 2 heteroatoms. The lowest BCUT2D eigenvalue weighted by Crippen LogP contribution is -2.00. The summed E-state index contributed by atoms with van der Waals surface area (Å²) >= 11 is 0. The molecule has 0 aliphatic heterocycles. The van der Waals surface area contributed by atoms with Crippen LogP contribution in [0.25, 0.3) is 0 Å². The fourth-order valence-corrected chi connectivity index (χ4v) is 1.25. The van der Waals surface area contributed by atoms with Crippen LogP contribution in [0.1, 0.15) is 31.7 Å². The van der Waals surface area contributed by atoms with Gasteiger partial charge in [0, 0.05) is 12.2 Å². The van der Waals surface area contributed by atoms with Crippen molar-refractivity contribution in [3.8, 4) is 6.07 Å². The van der Waals surface area contributed by atoms with E-state index < -0.39 is 0 Å². The maximum absolute atomic E-state index is 8.37. The average Bonchev–Trinajstić information content (AvgIpc) is 2.19. The first kappa shape index (κ1) is 10.6. The highest BCUT2D eigenvalue weighted by atomic mass is 14.9. The van der Waals surface area contributed by atoms with Crippen molar-refractivity contribution in [2.75, 3.05) is 11.9 Å². The first-order chi connectivity index (χ1) is 6.74. The van der Waals surface area contributed by atoms with Crippen LogP contribution in [-0.2, 0) is 0 Å². The summed E-state index contributed by atoms with van der Waals surface area (Å²) in [5.74, 6) is 0.572. The standard InChI is InChI=1S/C12H16N2/c1-10(2)11-4-6-12(7-5-11)14-9-3-8-13/h4-7,10,14H,3,9H2,1-2H3. The van der Waals surface area contributed by atoms with Gasteiger partial charge < -0.3 is 5.32 Å². The second-order valence-corrected chi connectivity index (χ2v) is 3.61. The third-order valence-electron chi connectivity index (χ3n) is 2.14. The molecule has 0 amide bonds. The molecule has 1 rings (SSSR count). The molecule has 0 bridgehead atoms. The molecule has 0 atom stereocenters. The number of nitrogens with one attached hydrogen (secondary N) is 1. The summed E-state index contributed by atoms with van der Waals surface area (Å²) in [6.07, 6.45) is 0.548. The van der Waals surface area contributed by atoms with Crippen molar-refractivity contribution in [1.82, 2.24) is 0 Å². The van der Waals surface area contributed by atoms with E-state index in [1.54, 1.807) is 0 Å². The zero-order valence-corrected chi connectivity index (χ0v) is 8.75. The molecule has 1 aromatic rings. The Bertz CT molecular complexity index is 306. The molecule has 2 nitrogen and oxygen atoms in total. The predicted octanol–water partition coefficient (Wildman–Crippen LogP) is 3.14. The molecule has 0 aliphatic carbocycles. The molecule has 0 aliphatic rings. The van der Waals surface area contributed by atoms with Crippen LogP contribution >= 0.6 is 0 Å². The summed E-state index contributed by atoms with van der Waals surface area (Å²) in [5, 5.41) is 11.6. The quantitative estimate of drug-likeness (QED) is 0.737. The molecular weight excluding hydrogens is 172 g/mol. The van der Waals surface area contributed by atoms with Gasteiger partial charge in [0.15, 0.2) is 0 Å². The average molecular weight is 188 g/mol. The van der Waals surface area contributed by atoms with E-state index in [-0.39, 0.29) is 0 Å². The zero-order chi connectivity index (χ0) is 10.4. The molecule has 0 spiro atoms. The van der Waals surface area contributed by atoms with E-state index in [1.807, 2.05) is 0 Å². The topological polar surface area (TPSA) is 35.8 Å². The predicted molar refractivity (Wildman–Crippen MR) is 59.3 cm³/mol. The van der Waals surface area contributed by atoms with Gasteiger partial charge in [0.25, 0.3) is 0 Å². The van der Waals surface area contributed by atoms with Gasteiger partial charge in [-0.1, -0.05) is 26.0 Å². The highest BCUT2D eigenvalue weighted by Crippen LogP contribution is 2.16. The second-order valence-electron chi connectivity index (χ2n) is 3.61. The number of rotatable bonds is 4. The van der Waals surface area contributed by atoms with Crippen LogP contribution < -0.4 is 5.32 Å². The number of nitriles is 1. The molecule has 1 aromatic carbocycles. The van der Waals surface area contributed by atoms with Crippen LogP contribution in [0, 0.1) is 11.3 Å². The maximum Gasteiger partial charge on any atom is 0.0640 e. The van der Waals surface area contributed by atoms with E-state index >= 15 is 0 Å². The van der Waals surface area contributed by atoms with E-state index in [1.165, 1.54) is 5.56 Å². The van der Waals surface area contributed by atoms with Gasteiger partial charge in [0.05, 0.1) is 12.5 Å². The Morgan fingerprint density at radius 1 is 1.29 bits per heavy atom. The molecule has 0 saturated carbocycles. The minimum absolute atomic E-state index is 0.548. The highest BCUT2D eigenvalue weighted by Gasteiger charge is 1.97. The molecule has 0 fully saturated rings. The fraction of sp³-hybridized carbons (Fsp3) is 0.417. The van der Waals surface area contributed by atoms with E-state index in [4.69, 9.17) is 5.26 Å². The number of benzene rings is 1. The Balaban J connectivity index is 2.52. The monoisotopic (exact) mass is 188 g/mol. The summed E-state index contributed by atoms with van der Waals surface area (Å²) in [4.78, 5) is 0. The Morgan fingerprint density at radius 2 is 1.93 bits per heavy atom. The van der Waals surface area contributed by atoms with Crippen LogP contribution in [0.3, 0.4) is 0 Å². The van der Waals surface area contributed by atoms with Crippen molar-refractivity contribution >= 4 is 5.69 Å². The Kier molecular flexibility index (Phi) is 4.00. The molecule has 74 valence electrons. The van der Waals surface area contributed by atoms with Crippen LogP contribution in [-0.4, -0.2) is 6.54 Å². The summed E-state index contributed by atoms with van der Waals surface area (Å²) in [5.41, 5.74) is 2.43. The van der Waals surface area contributed by atoms with Crippen LogP contribution in [0.2, 0.25) is 0 Å². The lowest BCUT2D eigenvalue weighted by molar-refractivity contribution is 0.867. The van der Waals surface area contributed by atoms with Gasteiger partial charge in [-0.3, -0.25) is 0 Å². The number of hydrogen-bond acceptors (Lipinski definition) is 2. The lowest BCUT2D eigenvalue weighted by Gasteiger charge is -2.07. The van der Waals surface area contributed by atoms with Gasteiger partial charge in [0.2, 0.25) is 0 Å². The van der Waals surface area contributed by atoms with E-state index in [9.17, 15) is 0 Å². The van der Waals surface area contributed by atoms with E-state index in [0.29, 0.717) is 12.3 Å². The smallest absolute Gasteiger partial charge is 0.0640 e. The van der Waals surface area contributed by atoms with E-state index in [0.717, 1.165) is 12.2 Å². The molecular formula is C12H16N2. The van der Waals surface area contributed by atoms with Gasteiger partial charge in [-0.05, 0) is 23.6 Å². The minimum Gasteiger partial charge on any atom is -0.384 e. The molecule has 0 saturated heterocycles. The van der Waals surface area contributed by atoms with Gasteiger partial charge >= 0.3 is 0 Å². The Labute approximate surface area is 85.6 Å². The normalized spacial score (nSPS) is 9.86. The first-order valence-electron chi connectivity index (χ1n) is 4.95. The first-order valence-corrected chi connectivity index (χ1v) is 4.95. The summed E-state index contributed by atoms with van der Waals surface area (Å²) < 4.78 is 0. The van der Waals surface area contributed by atoms with Gasteiger partial charge in [0.1, 0.15) is 0 Å². The third-order valence-corrected chi connectivity index (χ3v) is 2.14. The fourth-order valence-electron chi connectivity index (χ4n) is 1.25. The van der Waals surface area contributed by atoms with Crippen molar-refractivity contribution in [2.24, 2.45) is 0 Å². The maximum atomic E-state index is 8.37. The van der Waals surface area contributed by atoms with Crippen molar-refractivity contribution in [1.29, 1.82) is 5.26 Å². The third kappa shape index (κ3) is 3.10. The Hall–Kier alpha value is -1.49. The Morgan fingerprint density at radius 3 is 2.43 bits per heavy atom. The van der Waals surface area contributed by atoms with Crippen LogP contribution in [0.4, 0.5) is 5.69 Å². The molecule has 14 heavy (non-hydrogen) atoms. The van der Waals surface area contributed by atoms with Crippen molar-refractivity contribution in [3.63, 3.8) is 0 Å². The van der Waals surface area contributed by atoms with Gasteiger partial charge in [-0.25, -0.2) is 0 Å². The SMILES string of the molecule is CC(C)c1ccc(NCCC#N)cc1. The van der Waals surface area contributed by atoms with Crippen LogP contribution in [0.5, 0.6) is 0 Å². The molecule has 0 heterocycles. The van der Waals surface area contributed by atoms with Gasteiger partial charge in [-0.15, -0.1) is 0 Å². The van der Waals surface area contributed by atoms with Crippen LogP contribution in [0.15, 0.2) is 24.3 Å². The molecule has 0 aromatic heterocycles. The summed E-state index contributed by atoms with van der Waals surface area (Å²) in [7, 11) is 0. The number of nitrogens with zero attached hydrogens (tertiary/aromatic N) is 1. The number of hydrogen-bond donors (Lipinski definition) is 1. The highest BCUT2D eigenvalue weighted by molar-refractivity contribution is 5.45. The summed E-state index contributed by atoms with van der Waals surface area (Å²) in [6, 6.07) is 10.5. The number of anilines is 1. The second kappa shape index (κ2) is 5.29. The molecule has 0 unspecified atom stereocenters. The van der Waals surface area contributed by atoms with Crippen molar-refractivity contribution < 1.29 is 0 Å². The molecule has 1 N–H and O–H groups in total. The van der Waals surface area contributed by atoms with Gasteiger partial charge in [-0.2, -0.15) is 5.26 Å². The van der Waals surface area contributed by atoms with E-state index in [2.05, 4.69) is 49.5 Å². The van der Waals surface area contributed by atoms with Crippen molar-refractivity contribution in [2.45, 2.75) is 26.2 Å². The summed E-state index contributed by atoms with van der Waals surface area (Å²) in [6.45, 7) is 5.08. The zero-order valence-electron chi connectivity index (χ0n) is 8.75.